The molecule has 1 amide bonds. The predicted octanol–water partition coefficient (Wildman–Crippen LogP) is 4.71. The summed E-state index contributed by atoms with van der Waals surface area (Å²) in [7, 11) is 0. The number of amides is 1. The number of hydrogen-bond acceptors (Lipinski definition) is 5. The van der Waals surface area contributed by atoms with Gasteiger partial charge >= 0.3 is 0 Å². The van der Waals surface area contributed by atoms with E-state index < -0.39 is 0 Å². The second-order valence-corrected chi connectivity index (χ2v) is 7.54. The first-order valence-corrected chi connectivity index (χ1v) is 10.2. The molecule has 144 valence electrons. The number of rotatable bonds is 6. The molecule has 1 N–H and O–H groups in total. The van der Waals surface area contributed by atoms with Crippen LogP contribution in [-0.2, 0) is 4.79 Å². The second kappa shape index (κ2) is 8.89. The van der Waals surface area contributed by atoms with Crippen molar-refractivity contribution < 1.29 is 4.79 Å². The molecule has 2 heterocycles. The molecule has 0 radical (unpaired) electrons. The monoisotopic (exact) mass is 421 g/mol. The van der Waals surface area contributed by atoms with E-state index in [1.165, 1.54) is 11.8 Å². The van der Waals surface area contributed by atoms with E-state index in [2.05, 4.69) is 20.5 Å². The number of carbonyl (C=O) groups is 1. The molecule has 29 heavy (non-hydrogen) atoms. The van der Waals surface area contributed by atoms with E-state index in [-0.39, 0.29) is 11.7 Å². The van der Waals surface area contributed by atoms with E-state index >= 15 is 0 Å². The van der Waals surface area contributed by atoms with Gasteiger partial charge in [-0.3, -0.25) is 9.36 Å². The lowest BCUT2D eigenvalue weighted by Crippen LogP contribution is -2.14. The number of anilines is 1. The Morgan fingerprint density at radius 3 is 2.52 bits per heavy atom. The average Bonchev–Trinajstić information content (AvgIpc) is 3.25. The van der Waals surface area contributed by atoms with Gasteiger partial charge in [0.05, 0.1) is 11.4 Å². The molecule has 0 fully saturated rings. The number of aromatic nitrogens is 4. The lowest BCUT2D eigenvalue weighted by Gasteiger charge is -2.05. The highest BCUT2D eigenvalue weighted by Gasteiger charge is 2.07. The Kier molecular flexibility index (Phi) is 5.88. The molecule has 0 bridgehead atoms. The molecule has 0 aliphatic rings. The first-order valence-electron chi connectivity index (χ1n) is 8.79. The van der Waals surface area contributed by atoms with E-state index in [4.69, 9.17) is 11.6 Å². The van der Waals surface area contributed by atoms with E-state index in [0.29, 0.717) is 21.6 Å². The van der Waals surface area contributed by atoms with Crippen LogP contribution in [0.4, 0.5) is 5.69 Å². The van der Waals surface area contributed by atoms with Gasteiger partial charge in [0.15, 0.2) is 5.82 Å². The highest BCUT2D eigenvalue weighted by atomic mass is 35.5. The number of halogens is 1. The van der Waals surface area contributed by atoms with Crippen molar-refractivity contribution in [3.8, 4) is 17.1 Å². The van der Waals surface area contributed by atoms with Crippen LogP contribution in [-0.4, -0.2) is 31.4 Å². The minimum absolute atomic E-state index is 0.120. The first-order chi connectivity index (χ1) is 14.2. The quantitative estimate of drug-likeness (QED) is 0.456. The van der Waals surface area contributed by atoms with Gasteiger partial charge in [0.1, 0.15) is 11.4 Å². The Balaban J connectivity index is 1.35. The molecule has 0 aliphatic carbocycles. The van der Waals surface area contributed by atoms with Gasteiger partial charge in [-0.05, 0) is 36.4 Å². The third-order valence-electron chi connectivity index (χ3n) is 4.02. The van der Waals surface area contributed by atoms with Gasteiger partial charge in [0, 0.05) is 22.5 Å². The molecular formula is C21H16ClN5OS. The van der Waals surface area contributed by atoms with Crippen molar-refractivity contribution in [2.45, 2.75) is 5.03 Å². The van der Waals surface area contributed by atoms with E-state index in [9.17, 15) is 4.79 Å². The number of hydrogen-bond donors (Lipinski definition) is 1. The lowest BCUT2D eigenvalue weighted by atomic mass is 10.2. The number of imidazole rings is 1. The van der Waals surface area contributed by atoms with Gasteiger partial charge in [0.2, 0.25) is 5.91 Å². The highest BCUT2D eigenvalue weighted by molar-refractivity contribution is 7.99. The molecule has 0 unspecified atom stereocenters. The molecule has 8 heteroatoms. The Bertz CT molecular complexity index is 1100. The fourth-order valence-electron chi connectivity index (χ4n) is 2.60. The van der Waals surface area contributed by atoms with Gasteiger partial charge in [-0.25, -0.2) is 4.98 Å². The first kappa shape index (κ1) is 19.2. The van der Waals surface area contributed by atoms with Gasteiger partial charge < -0.3 is 5.32 Å². The maximum Gasteiger partial charge on any atom is 0.234 e. The van der Waals surface area contributed by atoms with Crippen LogP contribution < -0.4 is 5.32 Å². The lowest BCUT2D eigenvalue weighted by molar-refractivity contribution is -0.113. The van der Waals surface area contributed by atoms with Gasteiger partial charge in [-0.15, -0.1) is 10.2 Å². The standard InChI is InChI=1S/C21H16ClN5OS/c22-16-6-8-17(9-7-16)24-20(28)13-29-21-11-10-19(25-26-21)27-12-18(23-14-27)15-4-2-1-3-5-15/h1-12,14H,13H2,(H,24,28). The SMILES string of the molecule is O=C(CSc1ccc(-n2cnc(-c3ccccc3)c2)nn1)Nc1ccc(Cl)cc1. The maximum absolute atomic E-state index is 12.1. The highest BCUT2D eigenvalue weighted by Crippen LogP contribution is 2.20. The smallest absolute Gasteiger partial charge is 0.234 e. The number of carbonyl (C=O) groups excluding carboxylic acids is 1. The molecule has 0 aliphatic heterocycles. The van der Waals surface area contributed by atoms with Crippen LogP contribution in [0.1, 0.15) is 0 Å². The van der Waals surface area contributed by atoms with E-state index in [0.717, 1.165) is 11.3 Å². The van der Waals surface area contributed by atoms with Crippen molar-refractivity contribution >= 4 is 35.0 Å². The Labute approximate surface area is 177 Å². The van der Waals surface area contributed by atoms with Crippen molar-refractivity contribution in [1.82, 2.24) is 19.7 Å². The topological polar surface area (TPSA) is 72.7 Å². The summed E-state index contributed by atoms with van der Waals surface area (Å²) in [5.41, 5.74) is 2.61. The van der Waals surface area contributed by atoms with E-state index in [1.807, 2.05) is 53.2 Å². The molecule has 0 atom stereocenters. The third-order valence-corrected chi connectivity index (χ3v) is 5.19. The zero-order valence-corrected chi connectivity index (χ0v) is 16.8. The largest absolute Gasteiger partial charge is 0.325 e. The Hall–Kier alpha value is -3.16. The van der Waals surface area contributed by atoms with Crippen molar-refractivity contribution in [3.63, 3.8) is 0 Å². The van der Waals surface area contributed by atoms with Crippen LogP contribution >= 0.6 is 23.4 Å². The molecule has 2 aromatic heterocycles. The summed E-state index contributed by atoms with van der Waals surface area (Å²) in [6.07, 6.45) is 3.62. The molecule has 2 aromatic carbocycles. The zero-order chi connectivity index (χ0) is 20.1. The van der Waals surface area contributed by atoms with Crippen molar-refractivity contribution in [3.05, 3.63) is 84.3 Å². The van der Waals surface area contributed by atoms with Crippen molar-refractivity contribution in [1.29, 1.82) is 0 Å². The van der Waals surface area contributed by atoms with Crippen LogP contribution in [0.15, 0.2) is 84.3 Å². The van der Waals surface area contributed by atoms with Crippen LogP contribution in [0.3, 0.4) is 0 Å². The van der Waals surface area contributed by atoms with Crippen molar-refractivity contribution in [2.24, 2.45) is 0 Å². The van der Waals surface area contributed by atoms with Crippen molar-refractivity contribution in [2.75, 3.05) is 11.1 Å². The van der Waals surface area contributed by atoms with Crippen LogP contribution in [0.2, 0.25) is 5.02 Å². The predicted molar refractivity (Wildman–Crippen MR) is 115 cm³/mol. The normalized spacial score (nSPS) is 10.7. The minimum Gasteiger partial charge on any atom is -0.325 e. The fourth-order valence-corrected chi connectivity index (χ4v) is 3.34. The summed E-state index contributed by atoms with van der Waals surface area (Å²) in [4.78, 5) is 16.5. The maximum atomic E-state index is 12.1. The van der Waals surface area contributed by atoms with Gasteiger partial charge in [0.25, 0.3) is 0 Å². The molecule has 4 aromatic rings. The second-order valence-electron chi connectivity index (χ2n) is 6.11. The summed E-state index contributed by atoms with van der Waals surface area (Å²) < 4.78 is 1.82. The van der Waals surface area contributed by atoms with Gasteiger partial charge in [-0.1, -0.05) is 53.7 Å². The number of thioether (sulfide) groups is 1. The number of benzene rings is 2. The van der Waals surface area contributed by atoms with Crippen LogP contribution in [0.5, 0.6) is 0 Å². The van der Waals surface area contributed by atoms with Gasteiger partial charge in [-0.2, -0.15) is 0 Å². The van der Waals surface area contributed by atoms with E-state index in [1.54, 1.807) is 30.6 Å². The average molecular weight is 422 g/mol. The fraction of sp³-hybridized carbons (Fsp3) is 0.0476. The third kappa shape index (κ3) is 5.01. The minimum atomic E-state index is -0.120. The number of nitrogens with zero attached hydrogens (tertiary/aromatic N) is 4. The summed E-state index contributed by atoms with van der Waals surface area (Å²) in [5.74, 6) is 0.778. The molecule has 0 saturated carbocycles. The summed E-state index contributed by atoms with van der Waals surface area (Å²) in [6, 6.07) is 20.6. The Morgan fingerprint density at radius 1 is 1.00 bits per heavy atom. The molecule has 0 spiro atoms. The molecule has 0 saturated heterocycles. The zero-order valence-electron chi connectivity index (χ0n) is 15.2. The summed E-state index contributed by atoms with van der Waals surface area (Å²) >= 11 is 7.16. The number of nitrogens with one attached hydrogen (secondary N) is 1. The summed E-state index contributed by atoms with van der Waals surface area (Å²) in [5, 5.41) is 12.5. The summed E-state index contributed by atoms with van der Waals surface area (Å²) in [6.45, 7) is 0. The molecule has 4 rings (SSSR count). The van der Waals surface area contributed by atoms with Crippen LogP contribution in [0.25, 0.3) is 17.1 Å². The molecule has 6 nitrogen and oxygen atoms in total. The molecular weight excluding hydrogens is 406 g/mol. The van der Waals surface area contributed by atoms with Crippen LogP contribution in [0, 0.1) is 0 Å². The Morgan fingerprint density at radius 2 is 1.79 bits per heavy atom.